The van der Waals surface area contributed by atoms with Crippen molar-refractivity contribution in [2.45, 2.75) is 71.8 Å². The molecule has 2 saturated carbocycles. The number of allylic oxidation sites excluding steroid dienone is 4. The first-order valence-corrected chi connectivity index (χ1v) is 10.1. The second-order valence-electron chi connectivity index (χ2n) is 8.94. The van der Waals surface area contributed by atoms with Gasteiger partial charge in [-0.15, -0.1) is 0 Å². The molecular weight excluding hydrogens is 328 g/mol. The Kier molecular flexibility index (Phi) is 4.48. The summed E-state index contributed by atoms with van der Waals surface area (Å²) in [5, 5.41) is 0. The summed E-state index contributed by atoms with van der Waals surface area (Å²) in [6.45, 7) is 5.36. The number of fused-ring (bicyclic) bond motifs is 5. The Bertz CT molecular complexity index is 676. The third-order valence-electron chi connectivity index (χ3n) is 7.59. The molecule has 0 aromatic carbocycles. The second kappa shape index (κ2) is 6.54. The Balaban J connectivity index is 1.55. The van der Waals surface area contributed by atoms with Gasteiger partial charge in [0, 0.05) is 25.7 Å². The lowest BCUT2D eigenvalue weighted by atomic mass is 9.53. The van der Waals surface area contributed by atoms with Crippen LogP contribution in [0.5, 0.6) is 0 Å². The fraction of sp³-hybridized carbons (Fsp3) is 0.727. The summed E-state index contributed by atoms with van der Waals surface area (Å²) in [4.78, 5) is 22.8. The van der Waals surface area contributed by atoms with Gasteiger partial charge in [-0.25, -0.2) is 0 Å². The fourth-order valence-corrected chi connectivity index (χ4v) is 6.54. The SMILES string of the molecule is CC(=O)OC1=CC2=CC[C@@H]3[C@H](CC[C@@]4(C)[C@@H]3CC[C@H]4OC(C)=O)[C@@H]2CC1. The molecule has 4 heteroatoms. The maximum Gasteiger partial charge on any atom is 0.307 e. The predicted octanol–water partition coefficient (Wildman–Crippen LogP) is 4.55. The van der Waals surface area contributed by atoms with E-state index in [-0.39, 0.29) is 23.5 Å². The van der Waals surface area contributed by atoms with Crippen molar-refractivity contribution in [2.75, 3.05) is 0 Å². The zero-order chi connectivity index (χ0) is 18.5. The third-order valence-corrected chi connectivity index (χ3v) is 7.59. The van der Waals surface area contributed by atoms with E-state index >= 15 is 0 Å². The topological polar surface area (TPSA) is 52.6 Å². The quantitative estimate of drug-likeness (QED) is 0.680. The van der Waals surface area contributed by atoms with Crippen LogP contribution in [0.3, 0.4) is 0 Å². The minimum Gasteiger partial charge on any atom is -0.462 e. The van der Waals surface area contributed by atoms with Crippen molar-refractivity contribution in [1.82, 2.24) is 0 Å². The van der Waals surface area contributed by atoms with E-state index in [0.717, 1.165) is 43.8 Å². The normalized spacial score (nSPS) is 41.1. The second-order valence-corrected chi connectivity index (χ2v) is 8.94. The van der Waals surface area contributed by atoms with Gasteiger partial charge < -0.3 is 9.47 Å². The maximum absolute atomic E-state index is 11.5. The summed E-state index contributed by atoms with van der Waals surface area (Å²) < 4.78 is 11.1. The first-order valence-electron chi connectivity index (χ1n) is 10.1. The first-order chi connectivity index (χ1) is 12.4. The van der Waals surface area contributed by atoms with Crippen LogP contribution in [0.1, 0.15) is 65.7 Å². The van der Waals surface area contributed by atoms with Crippen molar-refractivity contribution >= 4 is 11.9 Å². The van der Waals surface area contributed by atoms with Gasteiger partial charge in [-0.2, -0.15) is 0 Å². The molecule has 4 rings (SSSR count). The van der Waals surface area contributed by atoms with Crippen molar-refractivity contribution in [1.29, 1.82) is 0 Å². The first kappa shape index (κ1) is 17.8. The van der Waals surface area contributed by atoms with Crippen LogP contribution in [0.15, 0.2) is 23.5 Å². The monoisotopic (exact) mass is 358 g/mol. The highest BCUT2D eigenvalue weighted by Gasteiger charge is 2.56. The van der Waals surface area contributed by atoms with Gasteiger partial charge in [-0.3, -0.25) is 9.59 Å². The molecule has 4 aliphatic rings. The molecule has 0 aliphatic heterocycles. The molecule has 0 aromatic rings. The van der Waals surface area contributed by atoms with Crippen LogP contribution in [-0.2, 0) is 19.1 Å². The summed E-state index contributed by atoms with van der Waals surface area (Å²) in [5.41, 5.74) is 1.53. The van der Waals surface area contributed by atoms with Gasteiger partial charge in [0.2, 0.25) is 0 Å². The molecule has 0 unspecified atom stereocenters. The molecular formula is C22H30O4. The Morgan fingerprint density at radius 1 is 1.08 bits per heavy atom. The van der Waals surface area contributed by atoms with Crippen LogP contribution in [0, 0.1) is 29.1 Å². The number of hydrogen-bond donors (Lipinski definition) is 0. The van der Waals surface area contributed by atoms with E-state index in [1.807, 2.05) is 0 Å². The molecule has 0 N–H and O–H groups in total. The summed E-state index contributed by atoms with van der Waals surface area (Å²) in [6, 6.07) is 0. The summed E-state index contributed by atoms with van der Waals surface area (Å²) in [7, 11) is 0. The van der Waals surface area contributed by atoms with Crippen LogP contribution >= 0.6 is 0 Å². The molecule has 2 fully saturated rings. The highest BCUT2D eigenvalue weighted by molar-refractivity contribution is 5.67. The Morgan fingerprint density at radius 3 is 2.62 bits per heavy atom. The van der Waals surface area contributed by atoms with Gasteiger partial charge in [-0.05, 0) is 73.8 Å². The van der Waals surface area contributed by atoms with E-state index in [4.69, 9.17) is 9.47 Å². The van der Waals surface area contributed by atoms with Crippen LogP contribution in [0.25, 0.3) is 0 Å². The molecule has 0 amide bonds. The minimum atomic E-state index is -0.222. The fourth-order valence-electron chi connectivity index (χ4n) is 6.54. The molecule has 0 saturated heterocycles. The molecule has 6 atom stereocenters. The van der Waals surface area contributed by atoms with Crippen molar-refractivity contribution in [3.63, 3.8) is 0 Å². The average molecular weight is 358 g/mol. The lowest BCUT2D eigenvalue weighted by molar-refractivity contribution is -0.155. The van der Waals surface area contributed by atoms with Gasteiger partial charge in [0.1, 0.15) is 11.9 Å². The molecule has 142 valence electrons. The van der Waals surface area contributed by atoms with Gasteiger partial charge in [0.05, 0.1) is 0 Å². The molecule has 0 radical (unpaired) electrons. The number of esters is 2. The molecule has 4 aliphatic carbocycles. The molecule has 0 bridgehead atoms. The highest BCUT2D eigenvalue weighted by atomic mass is 16.5. The van der Waals surface area contributed by atoms with Crippen LogP contribution in [-0.4, -0.2) is 18.0 Å². The lowest BCUT2D eigenvalue weighted by Crippen LogP contribution is -2.47. The zero-order valence-corrected chi connectivity index (χ0v) is 16.1. The van der Waals surface area contributed by atoms with E-state index < -0.39 is 0 Å². The van der Waals surface area contributed by atoms with Crippen LogP contribution in [0.2, 0.25) is 0 Å². The number of hydrogen-bond acceptors (Lipinski definition) is 4. The zero-order valence-electron chi connectivity index (χ0n) is 16.1. The van der Waals surface area contributed by atoms with Crippen molar-refractivity contribution in [3.8, 4) is 0 Å². The number of ether oxygens (including phenoxy) is 2. The molecule has 26 heavy (non-hydrogen) atoms. The van der Waals surface area contributed by atoms with Crippen LogP contribution in [0.4, 0.5) is 0 Å². The maximum atomic E-state index is 11.5. The number of carbonyl (C=O) groups is 2. The van der Waals surface area contributed by atoms with Gasteiger partial charge in [0.15, 0.2) is 0 Å². The van der Waals surface area contributed by atoms with Gasteiger partial charge in [0.25, 0.3) is 0 Å². The van der Waals surface area contributed by atoms with Crippen molar-refractivity contribution in [3.05, 3.63) is 23.5 Å². The highest BCUT2D eigenvalue weighted by Crippen LogP contribution is 2.61. The van der Waals surface area contributed by atoms with Gasteiger partial charge >= 0.3 is 11.9 Å². The smallest absolute Gasteiger partial charge is 0.307 e. The van der Waals surface area contributed by atoms with E-state index in [1.165, 1.54) is 32.3 Å². The van der Waals surface area contributed by atoms with E-state index in [2.05, 4.69) is 19.1 Å². The largest absolute Gasteiger partial charge is 0.462 e. The number of carbonyl (C=O) groups excluding carboxylic acids is 2. The summed E-state index contributed by atoms with van der Waals surface area (Å²) in [5.74, 6) is 3.15. The summed E-state index contributed by atoms with van der Waals surface area (Å²) in [6.07, 6.45) is 12.2. The Labute approximate surface area is 156 Å². The predicted molar refractivity (Wildman–Crippen MR) is 97.9 cm³/mol. The number of rotatable bonds is 2. The lowest BCUT2D eigenvalue weighted by Gasteiger charge is -2.52. The van der Waals surface area contributed by atoms with E-state index in [1.54, 1.807) is 0 Å². The van der Waals surface area contributed by atoms with Gasteiger partial charge in [-0.1, -0.05) is 13.0 Å². The Morgan fingerprint density at radius 2 is 1.88 bits per heavy atom. The van der Waals surface area contributed by atoms with Crippen molar-refractivity contribution in [2.24, 2.45) is 29.1 Å². The third kappa shape index (κ3) is 2.91. The molecule has 4 nitrogen and oxygen atoms in total. The van der Waals surface area contributed by atoms with E-state index in [9.17, 15) is 9.59 Å². The van der Waals surface area contributed by atoms with Crippen LogP contribution < -0.4 is 0 Å². The molecule has 0 spiro atoms. The standard InChI is InChI=1S/C22H30O4/c1-13(23)25-16-5-7-17-15(12-16)4-6-19-18(17)10-11-22(3)20(19)8-9-21(22)26-14(2)24/h4,12,17-21H,5-11H2,1-3H3/t17-,18-,19-,20-,21-,22+/m1/s1. The average Bonchev–Trinajstić information content (AvgIpc) is 2.90. The van der Waals surface area contributed by atoms with E-state index in [0.29, 0.717) is 17.8 Å². The molecule has 0 aromatic heterocycles. The summed E-state index contributed by atoms with van der Waals surface area (Å²) >= 11 is 0. The Hall–Kier alpha value is -1.58. The van der Waals surface area contributed by atoms with Crippen molar-refractivity contribution < 1.29 is 19.1 Å². The molecule has 0 heterocycles. The minimum absolute atomic E-state index is 0.0955.